The molecule has 10 heteroatoms. The van der Waals surface area contributed by atoms with Crippen molar-refractivity contribution in [3.63, 3.8) is 0 Å². The summed E-state index contributed by atoms with van der Waals surface area (Å²) in [6.07, 6.45) is 2.25. The predicted molar refractivity (Wildman–Crippen MR) is 146 cm³/mol. The molecule has 6 N–H and O–H groups in total. The van der Waals surface area contributed by atoms with Crippen molar-refractivity contribution in [2.75, 3.05) is 11.9 Å². The molecule has 3 aromatic rings. The fourth-order valence-corrected chi connectivity index (χ4v) is 3.61. The van der Waals surface area contributed by atoms with Crippen molar-refractivity contribution in [3.05, 3.63) is 83.2 Å². The summed E-state index contributed by atoms with van der Waals surface area (Å²) in [6, 6.07) is 14.6. The molecule has 0 saturated carbocycles. The molecular formula is C28H34N6O4. The monoisotopic (exact) mass is 518 g/mol. The van der Waals surface area contributed by atoms with Crippen molar-refractivity contribution < 1.29 is 19.1 Å². The SMILES string of the molecule is CCOc1cc(C(Nc2ccc(C(=N)N)cc2)C(=O)NNC(=O)c2cc(CC)ccn2)ccc1OC(C)C. The van der Waals surface area contributed by atoms with Crippen molar-refractivity contribution in [2.45, 2.75) is 46.3 Å². The molecule has 3 rings (SSSR count). The molecule has 0 spiro atoms. The van der Waals surface area contributed by atoms with Crippen molar-refractivity contribution in [1.29, 1.82) is 5.41 Å². The topological polar surface area (TPSA) is 151 Å². The lowest BCUT2D eigenvalue weighted by Crippen LogP contribution is -2.45. The average Bonchev–Trinajstić information content (AvgIpc) is 2.91. The molecule has 1 atom stereocenters. The Balaban J connectivity index is 1.88. The molecule has 1 heterocycles. The van der Waals surface area contributed by atoms with Gasteiger partial charge >= 0.3 is 0 Å². The van der Waals surface area contributed by atoms with Gasteiger partial charge in [-0.2, -0.15) is 0 Å². The van der Waals surface area contributed by atoms with Crippen LogP contribution in [-0.4, -0.2) is 35.3 Å². The Kier molecular flexibility index (Phi) is 9.64. The van der Waals surface area contributed by atoms with E-state index in [1.54, 1.807) is 54.7 Å². The van der Waals surface area contributed by atoms with Gasteiger partial charge in [-0.15, -0.1) is 0 Å². The Bertz CT molecular complexity index is 1280. The van der Waals surface area contributed by atoms with Crippen LogP contribution in [0.4, 0.5) is 5.69 Å². The Morgan fingerprint density at radius 2 is 1.74 bits per heavy atom. The maximum absolute atomic E-state index is 13.4. The van der Waals surface area contributed by atoms with Gasteiger partial charge in [0.2, 0.25) is 0 Å². The minimum absolute atomic E-state index is 0.0589. The highest BCUT2D eigenvalue weighted by atomic mass is 16.5. The van der Waals surface area contributed by atoms with Crippen LogP contribution in [0.25, 0.3) is 0 Å². The van der Waals surface area contributed by atoms with E-state index in [1.807, 2.05) is 33.8 Å². The highest BCUT2D eigenvalue weighted by Crippen LogP contribution is 2.32. The first-order chi connectivity index (χ1) is 18.2. The van der Waals surface area contributed by atoms with Crippen LogP contribution in [0.1, 0.15) is 60.9 Å². The van der Waals surface area contributed by atoms with Gasteiger partial charge in [0.25, 0.3) is 11.8 Å². The molecule has 1 aromatic heterocycles. The lowest BCUT2D eigenvalue weighted by atomic mass is 10.0. The lowest BCUT2D eigenvalue weighted by molar-refractivity contribution is -0.122. The Hall–Kier alpha value is -4.60. The smallest absolute Gasteiger partial charge is 0.288 e. The number of nitrogen functional groups attached to an aromatic ring is 1. The van der Waals surface area contributed by atoms with E-state index in [4.69, 9.17) is 20.6 Å². The number of anilines is 1. The molecule has 10 nitrogen and oxygen atoms in total. The van der Waals surface area contributed by atoms with E-state index >= 15 is 0 Å². The van der Waals surface area contributed by atoms with Crippen LogP contribution in [0.5, 0.6) is 11.5 Å². The second-order valence-corrected chi connectivity index (χ2v) is 8.72. The standard InChI is InChI=1S/C28H34N6O4/c1-5-18-13-14-31-22(15-18)27(35)33-34-28(36)25(32-21-10-7-19(8-11-21)26(29)30)20-9-12-23(38-17(3)4)24(16-20)37-6-2/h7-17,25,32H,5-6H2,1-4H3,(H3,29,30)(H,33,35)(H,34,36). The first kappa shape index (κ1) is 28.0. The van der Waals surface area contributed by atoms with Crippen molar-refractivity contribution >= 4 is 23.3 Å². The molecule has 0 aliphatic heterocycles. The molecule has 1 unspecified atom stereocenters. The van der Waals surface area contributed by atoms with Gasteiger partial charge in [-0.05, 0) is 86.8 Å². The van der Waals surface area contributed by atoms with E-state index in [2.05, 4.69) is 21.2 Å². The normalized spacial score (nSPS) is 11.4. The summed E-state index contributed by atoms with van der Waals surface area (Å²) < 4.78 is 11.6. The number of pyridine rings is 1. The Morgan fingerprint density at radius 1 is 1.00 bits per heavy atom. The number of nitrogens with zero attached hydrogens (tertiary/aromatic N) is 1. The lowest BCUT2D eigenvalue weighted by Gasteiger charge is -2.22. The molecule has 0 radical (unpaired) electrons. The van der Waals surface area contributed by atoms with Gasteiger partial charge in [0.05, 0.1) is 12.7 Å². The zero-order chi connectivity index (χ0) is 27.7. The molecule has 0 saturated heterocycles. The number of aromatic nitrogens is 1. The summed E-state index contributed by atoms with van der Waals surface area (Å²) in [4.78, 5) is 30.1. The van der Waals surface area contributed by atoms with Crippen LogP contribution < -0.4 is 31.4 Å². The summed E-state index contributed by atoms with van der Waals surface area (Å²) in [5, 5.41) is 10.8. The number of carbonyl (C=O) groups is 2. The second kappa shape index (κ2) is 13.1. The zero-order valence-electron chi connectivity index (χ0n) is 22.0. The molecule has 2 aromatic carbocycles. The van der Waals surface area contributed by atoms with Crippen LogP contribution in [0.2, 0.25) is 0 Å². The Morgan fingerprint density at radius 3 is 2.37 bits per heavy atom. The third-order valence-corrected chi connectivity index (χ3v) is 5.50. The van der Waals surface area contributed by atoms with Gasteiger partial charge in [-0.25, -0.2) is 0 Å². The highest BCUT2D eigenvalue weighted by Gasteiger charge is 2.24. The number of amides is 2. The van der Waals surface area contributed by atoms with E-state index in [-0.39, 0.29) is 17.6 Å². The largest absolute Gasteiger partial charge is 0.490 e. The number of rotatable bonds is 11. The number of carbonyl (C=O) groups excluding carboxylic acids is 2. The van der Waals surface area contributed by atoms with Gasteiger partial charge in [0.1, 0.15) is 17.6 Å². The summed E-state index contributed by atoms with van der Waals surface area (Å²) in [7, 11) is 0. The van der Waals surface area contributed by atoms with Gasteiger partial charge in [0.15, 0.2) is 11.5 Å². The minimum atomic E-state index is -0.916. The third kappa shape index (κ3) is 7.45. The number of hydrogen-bond donors (Lipinski definition) is 5. The predicted octanol–water partition coefficient (Wildman–Crippen LogP) is 3.73. The number of hydrazine groups is 1. The minimum Gasteiger partial charge on any atom is -0.490 e. The summed E-state index contributed by atoms with van der Waals surface area (Å²) in [5.41, 5.74) is 13.4. The van der Waals surface area contributed by atoms with Crippen LogP contribution in [0.15, 0.2) is 60.8 Å². The van der Waals surface area contributed by atoms with E-state index in [0.29, 0.717) is 34.9 Å². The second-order valence-electron chi connectivity index (χ2n) is 8.72. The molecule has 200 valence electrons. The highest BCUT2D eigenvalue weighted by molar-refractivity contribution is 5.96. The number of ether oxygens (including phenoxy) is 2. The fourth-order valence-electron chi connectivity index (χ4n) is 3.61. The number of amidine groups is 1. The quantitative estimate of drug-likeness (QED) is 0.147. The fraction of sp³-hybridized carbons (Fsp3) is 0.286. The number of hydrogen-bond acceptors (Lipinski definition) is 7. The molecule has 0 fully saturated rings. The first-order valence-electron chi connectivity index (χ1n) is 12.4. The van der Waals surface area contributed by atoms with E-state index in [0.717, 1.165) is 12.0 Å². The molecule has 0 aliphatic rings. The van der Waals surface area contributed by atoms with Crippen LogP contribution in [0.3, 0.4) is 0 Å². The summed E-state index contributed by atoms with van der Waals surface area (Å²) >= 11 is 0. The maximum Gasteiger partial charge on any atom is 0.288 e. The number of nitrogens with two attached hydrogens (primary N) is 1. The van der Waals surface area contributed by atoms with E-state index in [9.17, 15) is 9.59 Å². The Labute approximate surface area is 222 Å². The molecule has 38 heavy (non-hydrogen) atoms. The molecule has 0 aliphatic carbocycles. The van der Waals surface area contributed by atoms with Crippen molar-refractivity contribution in [1.82, 2.24) is 15.8 Å². The van der Waals surface area contributed by atoms with Crippen molar-refractivity contribution in [3.8, 4) is 11.5 Å². The maximum atomic E-state index is 13.4. The van der Waals surface area contributed by atoms with Crippen LogP contribution >= 0.6 is 0 Å². The van der Waals surface area contributed by atoms with Crippen LogP contribution in [0, 0.1) is 5.41 Å². The summed E-state index contributed by atoms with van der Waals surface area (Å²) in [6.45, 7) is 8.09. The molecule has 2 amide bonds. The van der Waals surface area contributed by atoms with Crippen molar-refractivity contribution in [2.24, 2.45) is 5.73 Å². The third-order valence-electron chi connectivity index (χ3n) is 5.50. The van der Waals surface area contributed by atoms with Crippen LogP contribution in [-0.2, 0) is 11.2 Å². The molecular weight excluding hydrogens is 484 g/mol. The van der Waals surface area contributed by atoms with E-state index < -0.39 is 17.9 Å². The number of benzene rings is 2. The van der Waals surface area contributed by atoms with Gasteiger partial charge in [0, 0.05) is 17.4 Å². The average molecular weight is 519 g/mol. The summed E-state index contributed by atoms with van der Waals surface area (Å²) in [5.74, 6) is -0.0495. The van der Waals surface area contributed by atoms with Gasteiger partial charge in [-0.3, -0.25) is 30.8 Å². The number of aryl methyl sites for hydroxylation is 1. The molecule has 0 bridgehead atoms. The van der Waals surface area contributed by atoms with E-state index in [1.165, 1.54) is 0 Å². The zero-order valence-corrected chi connectivity index (χ0v) is 22.0. The first-order valence-corrected chi connectivity index (χ1v) is 12.4. The van der Waals surface area contributed by atoms with Gasteiger partial charge < -0.3 is 20.5 Å². The van der Waals surface area contributed by atoms with Gasteiger partial charge in [-0.1, -0.05) is 13.0 Å². The number of nitrogens with one attached hydrogen (secondary N) is 4.